The van der Waals surface area contributed by atoms with Gasteiger partial charge in [-0.15, -0.1) is 0 Å². The Hall–Kier alpha value is -1.59. The van der Waals surface area contributed by atoms with E-state index in [0.717, 1.165) is 17.8 Å². The fourth-order valence-electron chi connectivity index (χ4n) is 5.61. The lowest BCUT2D eigenvalue weighted by atomic mass is 9.49. The molecule has 0 spiro atoms. The molecule has 6 nitrogen and oxygen atoms in total. The minimum absolute atomic E-state index is 0.116. The van der Waals surface area contributed by atoms with Gasteiger partial charge in [-0.25, -0.2) is 0 Å². The van der Waals surface area contributed by atoms with E-state index in [1.54, 1.807) is 27.7 Å². The molecule has 0 aromatic rings. The third kappa shape index (κ3) is 4.21. The molecule has 0 aromatic heterocycles. The zero-order chi connectivity index (χ0) is 19.1. The van der Waals surface area contributed by atoms with Gasteiger partial charge in [0.2, 0.25) is 11.8 Å². The molecule has 3 amide bonds. The molecule has 1 atom stereocenters. The summed E-state index contributed by atoms with van der Waals surface area (Å²) in [5.74, 6) is 1.69. The molecule has 0 aliphatic heterocycles. The molecule has 4 fully saturated rings. The monoisotopic (exact) mass is 363 g/mol. The number of hydrogen-bond donors (Lipinski definition) is 3. The van der Waals surface area contributed by atoms with E-state index in [1.165, 1.54) is 38.5 Å². The topological polar surface area (TPSA) is 87.3 Å². The number of hydrazine groups is 1. The van der Waals surface area contributed by atoms with Gasteiger partial charge in [-0.05, 0) is 68.6 Å². The van der Waals surface area contributed by atoms with Crippen LogP contribution in [0.1, 0.15) is 72.6 Å². The number of hydrogen-bond acceptors (Lipinski definition) is 3. The van der Waals surface area contributed by atoms with E-state index < -0.39 is 17.4 Å². The Morgan fingerprint density at radius 1 is 0.962 bits per heavy atom. The molecule has 4 bridgehead atoms. The van der Waals surface area contributed by atoms with Gasteiger partial charge in [-0.3, -0.25) is 25.2 Å². The number of carbonyl (C=O) groups excluding carboxylic acids is 3. The fraction of sp³-hybridized carbons (Fsp3) is 0.850. The number of amides is 3. The highest BCUT2D eigenvalue weighted by atomic mass is 16.2. The molecule has 4 aliphatic rings. The molecular formula is C20H33N3O3. The van der Waals surface area contributed by atoms with Crippen LogP contribution in [0.4, 0.5) is 0 Å². The highest BCUT2D eigenvalue weighted by Crippen LogP contribution is 2.61. The van der Waals surface area contributed by atoms with Crippen molar-refractivity contribution in [2.45, 2.75) is 78.7 Å². The summed E-state index contributed by atoms with van der Waals surface area (Å²) in [5, 5.41) is 2.67. The second-order valence-corrected chi connectivity index (χ2v) is 10.1. The first-order valence-electron chi connectivity index (χ1n) is 9.96. The van der Waals surface area contributed by atoms with Crippen LogP contribution >= 0.6 is 0 Å². The predicted molar refractivity (Wildman–Crippen MR) is 98.6 cm³/mol. The Morgan fingerprint density at radius 3 is 1.92 bits per heavy atom. The van der Waals surface area contributed by atoms with Crippen molar-refractivity contribution in [1.29, 1.82) is 0 Å². The van der Waals surface area contributed by atoms with Gasteiger partial charge in [0, 0.05) is 11.8 Å². The van der Waals surface area contributed by atoms with Crippen molar-refractivity contribution >= 4 is 17.7 Å². The smallest absolute Gasteiger partial charge is 0.260 e. The maximum atomic E-state index is 12.4. The standard InChI is InChI=1S/C20H33N3O3/c1-12(21-18(26)19(2,3)4)17(25)23-22-16(24)11-20-8-13-5-14(9-20)7-15(6-13)10-20/h12-15H,5-11H2,1-4H3,(H,21,26)(H,22,24)(H,23,25). The summed E-state index contributed by atoms with van der Waals surface area (Å²) in [4.78, 5) is 36.5. The molecule has 3 N–H and O–H groups in total. The second kappa shape index (κ2) is 6.86. The van der Waals surface area contributed by atoms with Crippen molar-refractivity contribution in [3.05, 3.63) is 0 Å². The molecule has 4 rings (SSSR count). The van der Waals surface area contributed by atoms with Gasteiger partial charge >= 0.3 is 0 Å². The summed E-state index contributed by atoms with van der Waals surface area (Å²) in [7, 11) is 0. The third-order valence-corrected chi connectivity index (χ3v) is 6.45. The van der Waals surface area contributed by atoms with Crippen LogP contribution in [0.25, 0.3) is 0 Å². The van der Waals surface area contributed by atoms with Gasteiger partial charge < -0.3 is 5.32 Å². The lowest BCUT2D eigenvalue weighted by Gasteiger charge is -2.56. The van der Waals surface area contributed by atoms with Crippen LogP contribution in [0.2, 0.25) is 0 Å². The summed E-state index contributed by atoms with van der Waals surface area (Å²) < 4.78 is 0. The SMILES string of the molecule is CC(NC(=O)C(C)(C)C)C(=O)NNC(=O)CC12CC3CC(CC(C3)C1)C2. The first kappa shape index (κ1) is 19.2. The molecule has 4 saturated carbocycles. The Labute approximate surface area is 156 Å². The van der Waals surface area contributed by atoms with E-state index in [2.05, 4.69) is 16.2 Å². The van der Waals surface area contributed by atoms with Crippen molar-refractivity contribution in [2.24, 2.45) is 28.6 Å². The number of rotatable bonds is 4. The maximum Gasteiger partial charge on any atom is 0.260 e. The minimum Gasteiger partial charge on any atom is -0.344 e. The van der Waals surface area contributed by atoms with Gasteiger partial charge in [0.1, 0.15) is 6.04 Å². The van der Waals surface area contributed by atoms with E-state index in [9.17, 15) is 14.4 Å². The molecule has 26 heavy (non-hydrogen) atoms. The van der Waals surface area contributed by atoms with Gasteiger partial charge in [-0.1, -0.05) is 20.8 Å². The van der Waals surface area contributed by atoms with Gasteiger partial charge in [0.25, 0.3) is 5.91 Å². The molecular weight excluding hydrogens is 330 g/mol. The van der Waals surface area contributed by atoms with Crippen LogP contribution in [0.15, 0.2) is 0 Å². The van der Waals surface area contributed by atoms with Gasteiger partial charge in [-0.2, -0.15) is 0 Å². The van der Waals surface area contributed by atoms with Crippen LogP contribution in [-0.4, -0.2) is 23.8 Å². The van der Waals surface area contributed by atoms with E-state index in [0.29, 0.717) is 6.42 Å². The summed E-state index contributed by atoms with van der Waals surface area (Å²) in [6, 6.07) is -0.693. The zero-order valence-electron chi connectivity index (χ0n) is 16.5. The Bertz CT molecular complexity index is 558. The van der Waals surface area contributed by atoms with E-state index >= 15 is 0 Å². The normalized spacial score (nSPS) is 33.5. The van der Waals surface area contributed by atoms with Crippen LogP contribution in [0.3, 0.4) is 0 Å². The third-order valence-electron chi connectivity index (χ3n) is 6.45. The zero-order valence-corrected chi connectivity index (χ0v) is 16.5. The Kier molecular flexibility index (Phi) is 5.06. The molecule has 4 aliphatic carbocycles. The first-order valence-corrected chi connectivity index (χ1v) is 9.96. The van der Waals surface area contributed by atoms with Gasteiger partial charge in [0.15, 0.2) is 0 Å². The predicted octanol–water partition coefficient (Wildman–Crippen LogP) is 2.29. The molecule has 0 radical (unpaired) electrons. The van der Waals surface area contributed by atoms with Crippen LogP contribution in [-0.2, 0) is 14.4 Å². The van der Waals surface area contributed by atoms with E-state index in [-0.39, 0.29) is 17.2 Å². The average molecular weight is 364 g/mol. The largest absolute Gasteiger partial charge is 0.344 e. The maximum absolute atomic E-state index is 12.4. The van der Waals surface area contributed by atoms with Crippen molar-refractivity contribution in [3.63, 3.8) is 0 Å². The van der Waals surface area contributed by atoms with Crippen molar-refractivity contribution < 1.29 is 14.4 Å². The summed E-state index contributed by atoms with van der Waals surface area (Å²) in [5.41, 5.74) is 4.62. The van der Waals surface area contributed by atoms with Crippen LogP contribution < -0.4 is 16.2 Å². The molecule has 0 saturated heterocycles. The quantitative estimate of drug-likeness (QED) is 0.670. The van der Waals surface area contributed by atoms with Gasteiger partial charge in [0.05, 0.1) is 0 Å². The molecule has 6 heteroatoms. The summed E-state index contributed by atoms with van der Waals surface area (Å²) in [6.45, 7) is 6.99. The number of nitrogens with one attached hydrogen (secondary N) is 3. The molecule has 1 unspecified atom stereocenters. The van der Waals surface area contributed by atoms with Crippen molar-refractivity contribution in [1.82, 2.24) is 16.2 Å². The molecule has 0 aromatic carbocycles. The second-order valence-electron chi connectivity index (χ2n) is 10.1. The van der Waals surface area contributed by atoms with E-state index in [1.807, 2.05) is 0 Å². The van der Waals surface area contributed by atoms with Crippen LogP contribution in [0.5, 0.6) is 0 Å². The summed E-state index contributed by atoms with van der Waals surface area (Å²) >= 11 is 0. The fourth-order valence-corrected chi connectivity index (χ4v) is 5.61. The lowest BCUT2D eigenvalue weighted by Crippen LogP contribution is -2.54. The Balaban J connectivity index is 1.45. The number of carbonyl (C=O) groups is 3. The van der Waals surface area contributed by atoms with Crippen molar-refractivity contribution in [3.8, 4) is 0 Å². The minimum atomic E-state index is -0.693. The highest BCUT2D eigenvalue weighted by molar-refractivity contribution is 5.90. The molecule has 0 heterocycles. The van der Waals surface area contributed by atoms with Crippen molar-refractivity contribution in [2.75, 3.05) is 0 Å². The average Bonchev–Trinajstić information content (AvgIpc) is 2.49. The molecule has 146 valence electrons. The highest BCUT2D eigenvalue weighted by Gasteiger charge is 2.51. The summed E-state index contributed by atoms with van der Waals surface area (Å²) in [6.07, 6.45) is 8.04. The first-order chi connectivity index (χ1) is 12.1. The van der Waals surface area contributed by atoms with E-state index in [4.69, 9.17) is 0 Å². The Morgan fingerprint density at radius 2 is 1.46 bits per heavy atom. The lowest BCUT2D eigenvalue weighted by molar-refractivity contribution is -0.136. The van der Waals surface area contributed by atoms with Crippen LogP contribution in [0, 0.1) is 28.6 Å².